The second kappa shape index (κ2) is 10.3. The Bertz CT molecular complexity index is 1960. The lowest BCUT2D eigenvalue weighted by Gasteiger charge is -2.33. The highest BCUT2D eigenvalue weighted by molar-refractivity contribution is 6.31. The molecule has 2 aliphatic carbocycles. The van der Waals surface area contributed by atoms with Gasteiger partial charge in [-0.1, -0.05) is 11.6 Å². The van der Waals surface area contributed by atoms with Crippen LogP contribution in [-0.4, -0.2) is 57.6 Å². The second-order valence-corrected chi connectivity index (χ2v) is 12.8. The molecular formula is C32H29ClF3N5O5. The van der Waals surface area contributed by atoms with Gasteiger partial charge < -0.3 is 25.6 Å². The van der Waals surface area contributed by atoms with Crippen LogP contribution in [0.1, 0.15) is 60.3 Å². The number of hydrogen-bond acceptors (Lipinski definition) is 7. The zero-order chi connectivity index (χ0) is 32.8. The van der Waals surface area contributed by atoms with Gasteiger partial charge in [0, 0.05) is 28.3 Å². The molecule has 240 valence electrons. The van der Waals surface area contributed by atoms with E-state index in [1.165, 1.54) is 26.2 Å². The van der Waals surface area contributed by atoms with Crippen molar-refractivity contribution >= 4 is 34.3 Å². The largest absolute Gasteiger partial charge is 0.494 e. The molecule has 10 nitrogen and oxygen atoms in total. The van der Waals surface area contributed by atoms with Crippen molar-refractivity contribution in [3.05, 3.63) is 70.0 Å². The number of carbonyl (C=O) groups is 2. The fourth-order valence-corrected chi connectivity index (χ4v) is 6.10. The van der Waals surface area contributed by atoms with Gasteiger partial charge in [-0.25, -0.2) is 18.2 Å². The summed E-state index contributed by atoms with van der Waals surface area (Å²) in [4.78, 5) is 30.5. The van der Waals surface area contributed by atoms with Crippen molar-refractivity contribution in [1.82, 2.24) is 20.1 Å². The molecular weight excluding hydrogens is 627 g/mol. The van der Waals surface area contributed by atoms with E-state index in [9.17, 15) is 19.1 Å². The first-order valence-electron chi connectivity index (χ1n) is 14.7. The van der Waals surface area contributed by atoms with Crippen molar-refractivity contribution in [2.45, 2.75) is 55.3 Å². The quantitative estimate of drug-likeness (QED) is 0.223. The number of halogens is 4. The lowest BCUT2D eigenvalue weighted by molar-refractivity contribution is -0.123. The molecule has 0 saturated heterocycles. The number of aliphatic hydroxyl groups is 1. The van der Waals surface area contributed by atoms with Crippen LogP contribution >= 0.6 is 11.6 Å². The highest BCUT2D eigenvalue weighted by Crippen LogP contribution is 2.55. The number of benzene rings is 2. The summed E-state index contributed by atoms with van der Waals surface area (Å²) in [5.74, 6) is -3.29. The van der Waals surface area contributed by atoms with Crippen molar-refractivity contribution in [3.63, 3.8) is 0 Å². The van der Waals surface area contributed by atoms with Crippen LogP contribution in [0.2, 0.25) is 5.02 Å². The van der Waals surface area contributed by atoms with Crippen molar-refractivity contribution in [2.24, 2.45) is 5.73 Å². The summed E-state index contributed by atoms with van der Waals surface area (Å²) < 4.78 is 58.7. The van der Waals surface area contributed by atoms with Gasteiger partial charge >= 0.3 is 0 Å². The van der Waals surface area contributed by atoms with Crippen LogP contribution in [0.5, 0.6) is 11.5 Å². The summed E-state index contributed by atoms with van der Waals surface area (Å²) in [6.07, 6.45) is 3.73. The zero-order valence-electron chi connectivity index (χ0n) is 24.8. The first kappa shape index (κ1) is 30.3. The number of nitrogens with one attached hydrogen (secondary N) is 1. The van der Waals surface area contributed by atoms with E-state index in [4.69, 9.17) is 26.8 Å². The molecule has 0 radical (unpaired) electrons. The van der Waals surface area contributed by atoms with E-state index in [1.807, 2.05) is 10.9 Å². The van der Waals surface area contributed by atoms with Crippen LogP contribution in [0.4, 0.5) is 13.2 Å². The SMILES string of the molecule is COc1cc(C(=O)NC[C@](O)(c2cc3c(c(-c4ccc(F)c(Cl)c4F)n2)OC[C@]3(C)C(N)=O)C2(F)CC2)cc2cn(C3CC3)nc12. The number of aromatic nitrogens is 3. The maximum absolute atomic E-state index is 16.2. The Morgan fingerprint density at radius 3 is 2.65 bits per heavy atom. The maximum Gasteiger partial charge on any atom is 0.251 e. The number of amides is 2. The summed E-state index contributed by atoms with van der Waals surface area (Å²) in [6.45, 7) is 0.598. The smallest absolute Gasteiger partial charge is 0.251 e. The number of nitrogens with zero attached hydrogens (tertiary/aromatic N) is 3. The number of alkyl halides is 1. The molecule has 4 aromatic rings. The van der Waals surface area contributed by atoms with E-state index < -0.39 is 51.7 Å². The minimum atomic E-state index is -2.45. The molecule has 2 aromatic heterocycles. The van der Waals surface area contributed by atoms with Crippen LogP contribution in [-0.2, 0) is 15.8 Å². The summed E-state index contributed by atoms with van der Waals surface area (Å²) >= 11 is 5.86. The van der Waals surface area contributed by atoms with Crippen molar-refractivity contribution in [1.29, 1.82) is 0 Å². The number of rotatable bonds is 9. The third-order valence-corrected chi connectivity index (χ3v) is 9.61. The van der Waals surface area contributed by atoms with Gasteiger partial charge in [0.25, 0.3) is 5.91 Å². The summed E-state index contributed by atoms with van der Waals surface area (Å²) in [5, 5.41) is 19.1. The molecule has 0 spiro atoms. The number of carbonyl (C=O) groups excluding carboxylic acids is 2. The van der Waals surface area contributed by atoms with E-state index >= 15 is 8.78 Å². The second-order valence-electron chi connectivity index (χ2n) is 12.4. The Balaban J connectivity index is 1.30. The molecule has 7 rings (SSSR count). The van der Waals surface area contributed by atoms with Gasteiger partial charge in [0.05, 0.1) is 25.4 Å². The van der Waals surface area contributed by atoms with E-state index in [2.05, 4.69) is 15.4 Å². The van der Waals surface area contributed by atoms with Gasteiger partial charge in [0.2, 0.25) is 5.91 Å². The molecule has 46 heavy (non-hydrogen) atoms. The van der Waals surface area contributed by atoms with E-state index in [0.29, 0.717) is 22.7 Å². The molecule has 2 saturated carbocycles. The lowest BCUT2D eigenvalue weighted by Crippen LogP contribution is -2.49. The standard InChI is InChI=1S/C32H29ClF3N5O5/c1-30(29(37)43)14-46-27-19(30)11-22(39-26(27)18-5-6-20(34)23(33)24(18)35)32(44,31(36)7-8-31)13-38-28(42)15-9-16-12-41(17-3-4-17)40-25(16)21(10-15)45-2/h5-6,9-12,17,44H,3-4,7-8,13-14H2,1-2H3,(H2,37,43)(H,38,42)/t30-,32-/m0/s1. The average molecular weight is 656 g/mol. The van der Waals surface area contributed by atoms with E-state index in [0.717, 1.165) is 25.0 Å². The summed E-state index contributed by atoms with van der Waals surface area (Å²) in [5.41, 5.74) is -0.374. The fraction of sp³-hybridized carbons (Fsp3) is 0.375. The number of fused-ring (bicyclic) bond motifs is 2. The number of ether oxygens (including phenoxy) is 2. The molecule has 2 amide bonds. The fourth-order valence-electron chi connectivity index (χ4n) is 5.94. The summed E-state index contributed by atoms with van der Waals surface area (Å²) in [6, 6.07) is 6.72. The predicted octanol–water partition coefficient (Wildman–Crippen LogP) is 4.63. The predicted molar refractivity (Wildman–Crippen MR) is 160 cm³/mol. The molecule has 3 heterocycles. The molecule has 3 aliphatic rings. The highest BCUT2D eigenvalue weighted by atomic mass is 35.5. The minimum absolute atomic E-state index is 0.0474. The molecule has 1 aliphatic heterocycles. The highest BCUT2D eigenvalue weighted by Gasteiger charge is 2.62. The maximum atomic E-state index is 16.2. The van der Waals surface area contributed by atoms with Gasteiger partial charge in [-0.05, 0) is 62.9 Å². The third kappa shape index (κ3) is 4.58. The van der Waals surface area contributed by atoms with Crippen molar-refractivity contribution in [2.75, 3.05) is 20.3 Å². The van der Waals surface area contributed by atoms with Crippen LogP contribution in [0.15, 0.2) is 36.5 Å². The van der Waals surface area contributed by atoms with Gasteiger partial charge in [0.1, 0.15) is 51.2 Å². The Morgan fingerprint density at radius 2 is 2.00 bits per heavy atom. The van der Waals surface area contributed by atoms with Crippen LogP contribution in [0, 0.1) is 11.6 Å². The number of nitrogens with two attached hydrogens (primary N) is 1. The van der Waals surface area contributed by atoms with Gasteiger partial charge in [-0.3, -0.25) is 14.3 Å². The molecule has 2 aromatic carbocycles. The van der Waals surface area contributed by atoms with E-state index in [-0.39, 0.29) is 53.3 Å². The van der Waals surface area contributed by atoms with Gasteiger partial charge in [-0.2, -0.15) is 5.10 Å². The molecule has 0 unspecified atom stereocenters. The van der Waals surface area contributed by atoms with Crippen LogP contribution in [0.25, 0.3) is 22.2 Å². The normalized spacial score (nSPS) is 20.9. The molecule has 4 N–H and O–H groups in total. The van der Waals surface area contributed by atoms with Crippen LogP contribution < -0.4 is 20.5 Å². The summed E-state index contributed by atoms with van der Waals surface area (Å²) in [7, 11) is 1.46. The van der Waals surface area contributed by atoms with Crippen molar-refractivity contribution < 1.29 is 37.3 Å². The van der Waals surface area contributed by atoms with Gasteiger partial charge in [0.15, 0.2) is 11.4 Å². The number of methoxy groups -OCH3 is 1. The topological polar surface area (TPSA) is 142 Å². The zero-order valence-corrected chi connectivity index (χ0v) is 25.6. The number of primary amides is 1. The van der Waals surface area contributed by atoms with Crippen molar-refractivity contribution in [3.8, 4) is 22.8 Å². The lowest BCUT2D eigenvalue weighted by atomic mass is 9.80. The Hall–Kier alpha value is -4.36. The first-order chi connectivity index (χ1) is 21.8. The monoisotopic (exact) mass is 655 g/mol. The average Bonchev–Trinajstić information content (AvgIpc) is 3.96. The molecule has 14 heteroatoms. The number of pyridine rings is 1. The molecule has 0 bridgehead atoms. The third-order valence-electron chi connectivity index (χ3n) is 9.26. The van der Waals surface area contributed by atoms with Crippen LogP contribution in [0.3, 0.4) is 0 Å². The minimum Gasteiger partial charge on any atom is -0.494 e. The molecule has 2 atom stereocenters. The molecule has 2 fully saturated rings. The first-order valence-corrected chi connectivity index (χ1v) is 15.1. The van der Waals surface area contributed by atoms with Gasteiger partial charge in [-0.15, -0.1) is 0 Å². The van der Waals surface area contributed by atoms with E-state index in [1.54, 1.807) is 6.07 Å². The Labute approximate surface area is 265 Å². The Morgan fingerprint density at radius 1 is 1.26 bits per heavy atom. The number of hydrogen-bond donors (Lipinski definition) is 3. The Kier molecular flexibility index (Phi) is 6.80.